The van der Waals surface area contributed by atoms with Gasteiger partial charge in [0.1, 0.15) is 0 Å². The highest BCUT2D eigenvalue weighted by molar-refractivity contribution is 5.44. The molecule has 0 radical (unpaired) electrons. The maximum absolute atomic E-state index is 14.6. The number of likely N-dealkylation sites (N-methyl/N-ethyl adjacent to an activating group) is 1. The second-order valence-corrected chi connectivity index (χ2v) is 6.48. The number of nitrogens with one attached hydrogen (secondary N) is 1. The average molecular weight is 294 g/mol. The first kappa shape index (κ1) is 16.2. The Morgan fingerprint density at radius 1 is 1.48 bits per heavy atom. The van der Waals surface area contributed by atoms with Crippen molar-refractivity contribution in [3.8, 4) is 0 Å². The van der Waals surface area contributed by atoms with Crippen molar-refractivity contribution in [1.82, 2.24) is 15.2 Å². The summed E-state index contributed by atoms with van der Waals surface area (Å²) in [5.41, 5.74) is 0.703. The van der Waals surface area contributed by atoms with Crippen LogP contribution in [0, 0.1) is 11.7 Å². The quantitative estimate of drug-likeness (QED) is 0.871. The maximum Gasteiger partial charge on any atom is 0.170 e. The van der Waals surface area contributed by atoms with Crippen LogP contribution in [0.1, 0.15) is 25.8 Å². The van der Waals surface area contributed by atoms with E-state index in [1.165, 1.54) is 0 Å². The SMILES string of the molecule is CC(C)CNCc1ccnc(N2CCC(N(C)C)C2)c1F. The van der Waals surface area contributed by atoms with Gasteiger partial charge < -0.3 is 15.1 Å². The minimum Gasteiger partial charge on any atom is -0.353 e. The Morgan fingerprint density at radius 2 is 2.24 bits per heavy atom. The van der Waals surface area contributed by atoms with Gasteiger partial charge in [-0.25, -0.2) is 9.37 Å². The normalized spacial score (nSPS) is 19.0. The van der Waals surface area contributed by atoms with Crippen molar-refractivity contribution >= 4 is 5.82 Å². The number of halogens is 1. The van der Waals surface area contributed by atoms with Gasteiger partial charge in [0.25, 0.3) is 0 Å². The second kappa shape index (κ2) is 7.18. The Hall–Kier alpha value is -1.20. The van der Waals surface area contributed by atoms with Crippen LogP contribution in [-0.2, 0) is 6.54 Å². The van der Waals surface area contributed by atoms with E-state index in [0.717, 1.165) is 26.1 Å². The van der Waals surface area contributed by atoms with Crippen molar-refractivity contribution in [2.24, 2.45) is 5.92 Å². The molecule has 4 nitrogen and oxygen atoms in total. The first-order valence-electron chi connectivity index (χ1n) is 7.74. The van der Waals surface area contributed by atoms with Crippen molar-refractivity contribution in [2.75, 3.05) is 38.6 Å². The smallest absolute Gasteiger partial charge is 0.170 e. The molecule has 1 fully saturated rings. The van der Waals surface area contributed by atoms with Gasteiger partial charge in [-0.05, 0) is 39.0 Å². The van der Waals surface area contributed by atoms with Crippen molar-refractivity contribution < 1.29 is 4.39 Å². The van der Waals surface area contributed by atoms with Gasteiger partial charge in [0.15, 0.2) is 11.6 Å². The summed E-state index contributed by atoms with van der Waals surface area (Å²) in [5.74, 6) is 0.894. The van der Waals surface area contributed by atoms with E-state index < -0.39 is 0 Å². The molecule has 1 N–H and O–H groups in total. The third-order valence-corrected chi connectivity index (χ3v) is 4.01. The summed E-state index contributed by atoms with van der Waals surface area (Å²) in [6.45, 7) is 7.46. The topological polar surface area (TPSA) is 31.4 Å². The zero-order chi connectivity index (χ0) is 15.4. The highest BCUT2D eigenvalue weighted by Crippen LogP contribution is 2.24. The van der Waals surface area contributed by atoms with Gasteiger partial charge in [-0.3, -0.25) is 0 Å². The Morgan fingerprint density at radius 3 is 2.86 bits per heavy atom. The lowest BCUT2D eigenvalue weighted by Crippen LogP contribution is -2.32. The number of hydrogen-bond donors (Lipinski definition) is 1. The molecule has 5 heteroatoms. The van der Waals surface area contributed by atoms with Gasteiger partial charge in [-0.1, -0.05) is 13.8 Å². The maximum atomic E-state index is 14.6. The van der Waals surface area contributed by atoms with E-state index in [-0.39, 0.29) is 5.82 Å². The van der Waals surface area contributed by atoms with Crippen LogP contribution < -0.4 is 10.2 Å². The van der Waals surface area contributed by atoms with Crippen LogP contribution in [0.2, 0.25) is 0 Å². The largest absolute Gasteiger partial charge is 0.353 e. The number of aromatic nitrogens is 1. The summed E-state index contributed by atoms with van der Waals surface area (Å²) in [5, 5.41) is 3.29. The molecule has 2 heterocycles. The van der Waals surface area contributed by atoms with Crippen molar-refractivity contribution in [3.63, 3.8) is 0 Å². The lowest BCUT2D eigenvalue weighted by Gasteiger charge is -2.22. The fourth-order valence-corrected chi connectivity index (χ4v) is 2.68. The van der Waals surface area contributed by atoms with E-state index in [1.54, 1.807) is 12.3 Å². The number of hydrogen-bond acceptors (Lipinski definition) is 4. The lowest BCUT2D eigenvalue weighted by molar-refractivity contribution is 0.315. The molecule has 118 valence electrons. The van der Waals surface area contributed by atoms with Crippen LogP contribution in [0.4, 0.5) is 10.2 Å². The van der Waals surface area contributed by atoms with Crippen LogP contribution in [0.25, 0.3) is 0 Å². The molecule has 1 aliphatic heterocycles. The van der Waals surface area contributed by atoms with E-state index in [9.17, 15) is 4.39 Å². The minimum absolute atomic E-state index is 0.173. The first-order chi connectivity index (χ1) is 9.99. The van der Waals surface area contributed by atoms with Gasteiger partial charge in [0.05, 0.1) is 0 Å². The molecule has 0 saturated carbocycles. The summed E-state index contributed by atoms with van der Waals surface area (Å²) in [4.78, 5) is 8.52. The second-order valence-electron chi connectivity index (χ2n) is 6.48. The standard InChI is InChI=1S/C16H27FN4/c1-12(2)9-18-10-13-5-7-19-16(15(13)17)21-8-6-14(11-21)20(3)4/h5,7,12,14,18H,6,8-11H2,1-4H3. The van der Waals surface area contributed by atoms with Crippen LogP contribution in [-0.4, -0.2) is 49.7 Å². The fourth-order valence-electron chi connectivity index (χ4n) is 2.68. The fraction of sp³-hybridized carbons (Fsp3) is 0.688. The van der Waals surface area contributed by atoms with E-state index >= 15 is 0 Å². The molecule has 0 amide bonds. The summed E-state index contributed by atoms with van der Waals surface area (Å²) >= 11 is 0. The zero-order valence-electron chi connectivity index (χ0n) is 13.6. The minimum atomic E-state index is -0.173. The molecular weight excluding hydrogens is 267 g/mol. The Balaban J connectivity index is 2.04. The molecule has 0 aliphatic carbocycles. The molecule has 1 saturated heterocycles. The molecule has 1 aliphatic rings. The molecule has 2 rings (SSSR count). The van der Waals surface area contributed by atoms with Gasteiger partial charge in [-0.2, -0.15) is 0 Å². The molecule has 21 heavy (non-hydrogen) atoms. The summed E-state index contributed by atoms with van der Waals surface area (Å²) < 4.78 is 14.6. The molecule has 0 spiro atoms. The Kier molecular flexibility index (Phi) is 5.53. The highest BCUT2D eigenvalue weighted by atomic mass is 19.1. The predicted molar refractivity (Wildman–Crippen MR) is 85.0 cm³/mol. The zero-order valence-corrected chi connectivity index (χ0v) is 13.6. The van der Waals surface area contributed by atoms with E-state index in [2.05, 4.69) is 48.0 Å². The van der Waals surface area contributed by atoms with Crippen LogP contribution in [0.15, 0.2) is 12.3 Å². The molecule has 1 aromatic rings. The molecule has 1 aromatic heterocycles. The van der Waals surface area contributed by atoms with Gasteiger partial charge >= 0.3 is 0 Å². The van der Waals surface area contributed by atoms with Gasteiger partial charge in [-0.15, -0.1) is 0 Å². The number of anilines is 1. The Labute approximate surface area is 127 Å². The van der Waals surface area contributed by atoms with E-state index in [1.807, 2.05) is 0 Å². The summed E-state index contributed by atoms with van der Waals surface area (Å²) in [6.07, 6.45) is 2.78. The predicted octanol–water partition coefficient (Wildman–Crippen LogP) is 2.11. The monoisotopic (exact) mass is 294 g/mol. The number of pyridine rings is 1. The average Bonchev–Trinajstić information content (AvgIpc) is 2.90. The van der Waals surface area contributed by atoms with Crippen LogP contribution >= 0.6 is 0 Å². The summed E-state index contributed by atoms with van der Waals surface area (Å²) in [7, 11) is 4.15. The number of nitrogens with zero attached hydrogens (tertiary/aromatic N) is 3. The molecule has 1 atom stereocenters. The molecule has 0 aromatic carbocycles. The highest BCUT2D eigenvalue weighted by Gasteiger charge is 2.27. The van der Waals surface area contributed by atoms with Crippen LogP contribution in [0.3, 0.4) is 0 Å². The van der Waals surface area contributed by atoms with Crippen LogP contribution in [0.5, 0.6) is 0 Å². The van der Waals surface area contributed by atoms with E-state index in [0.29, 0.717) is 29.9 Å². The van der Waals surface area contributed by atoms with Gasteiger partial charge in [0, 0.05) is 37.4 Å². The third kappa shape index (κ3) is 4.14. The van der Waals surface area contributed by atoms with Gasteiger partial charge in [0.2, 0.25) is 0 Å². The summed E-state index contributed by atoms with van der Waals surface area (Å²) in [6, 6.07) is 2.25. The van der Waals surface area contributed by atoms with Crippen molar-refractivity contribution in [1.29, 1.82) is 0 Å². The third-order valence-electron chi connectivity index (χ3n) is 4.01. The van der Waals surface area contributed by atoms with E-state index in [4.69, 9.17) is 0 Å². The Bertz CT molecular complexity index is 462. The molecular formula is C16H27FN4. The molecule has 1 unspecified atom stereocenters. The first-order valence-corrected chi connectivity index (χ1v) is 7.74. The molecule has 0 bridgehead atoms. The van der Waals surface area contributed by atoms with Crippen molar-refractivity contribution in [2.45, 2.75) is 32.9 Å². The lowest BCUT2D eigenvalue weighted by atomic mass is 10.2. The van der Waals surface area contributed by atoms with Crippen molar-refractivity contribution in [3.05, 3.63) is 23.6 Å². The number of rotatable bonds is 6.